The Labute approximate surface area is 124 Å². The fourth-order valence-corrected chi connectivity index (χ4v) is 2.45. The Morgan fingerprint density at radius 3 is 2.70 bits per heavy atom. The summed E-state index contributed by atoms with van der Waals surface area (Å²) in [7, 11) is 1.91. The van der Waals surface area contributed by atoms with E-state index >= 15 is 0 Å². The minimum absolute atomic E-state index is 0.617. The molecule has 1 aromatic heterocycles. The molecule has 1 aromatic carbocycles. The molecule has 0 bridgehead atoms. The molecule has 0 aliphatic heterocycles. The van der Waals surface area contributed by atoms with E-state index in [0.717, 1.165) is 34.3 Å². The van der Waals surface area contributed by atoms with Crippen molar-refractivity contribution in [2.75, 3.05) is 11.9 Å². The summed E-state index contributed by atoms with van der Waals surface area (Å²) in [5, 5.41) is 8.52. The number of nitrogens with one attached hydrogen (secondary N) is 1. The second-order valence-corrected chi connectivity index (χ2v) is 4.85. The maximum absolute atomic E-state index is 6.34. The Kier molecular flexibility index (Phi) is 4.90. The van der Waals surface area contributed by atoms with Crippen molar-refractivity contribution in [3.63, 3.8) is 0 Å². The molecule has 0 fully saturated rings. The number of aryl methyl sites for hydroxylation is 2. The summed E-state index contributed by atoms with van der Waals surface area (Å²) in [6.45, 7) is 5.29. The van der Waals surface area contributed by atoms with Gasteiger partial charge in [0.25, 0.3) is 0 Å². The molecule has 0 saturated carbocycles. The predicted octanol–water partition coefficient (Wildman–Crippen LogP) is 3.65. The van der Waals surface area contributed by atoms with E-state index in [-0.39, 0.29) is 0 Å². The lowest BCUT2D eigenvalue weighted by Gasteiger charge is -2.12. The lowest BCUT2D eigenvalue weighted by Crippen LogP contribution is -2.07. The third-order valence-corrected chi connectivity index (χ3v) is 3.57. The number of rotatable bonds is 6. The number of halogens is 1. The largest absolute Gasteiger partial charge is 0.492 e. The van der Waals surface area contributed by atoms with Crippen molar-refractivity contribution in [1.82, 2.24) is 9.78 Å². The summed E-state index contributed by atoms with van der Waals surface area (Å²) in [6, 6.07) is 7.89. The Balaban J connectivity index is 2.15. The maximum Gasteiger partial charge on any atom is 0.142 e. The van der Waals surface area contributed by atoms with Crippen LogP contribution in [0.3, 0.4) is 0 Å². The monoisotopic (exact) mass is 293 g/mol. The number of benzene rings is 1. The van der Waals surface area contributed by atoms with Crippen LogP contribution in [0.15, 0.2) is 24.3 Å². The summed E-state index contributed by atoms with van der Waals surface area (Å²) in [5.74, 6) is 0.851. The number of hydrogen-bond acceptors (Lipinski definition) is 3. The highest BCUT2D eigenvalue weighted by Gasteiger charge is 2.13. The molecule has 0 spiro atoms. The van der Waals surface area contributed by atoms with Gasteiger partial charge in [-0.15, -0.1) is 0 Å². The van der Waals surface area contributed by atoms with Crippen LogP contribution in [-0.2, 0) is 20.0 Å². The molecular weight excluding hydrogens is 274 g/mol. The number of ether oxygens (including phenoxy) is 1. The minimum Gasteiger partial charge on any atom is -0.492 e. The molecule has 0 amide bonds. The maximum atomic E-state index is 6.34. The fraction of sp³-hybridized carbons (Fsp3) is 0.400. The van der Waals surface area contributed by atoms with Crippen molar-refractivity contribution in [3.8, 4) is 5.75 Å². The standard InChI is InChI=1S/C15H20ClN3O/c1-4-11-15(16)13(19(3)18-11)10-17-12-8-6-7-9-14(12)20-5-2/h6-9,17H,4-5,10H2,1-3H3. The number of nitrogens with zero attached hydrogens (tertiary/aromatic N) is 2. The molecule has 108 valence electrons. The molecule has 4 nitrogen and oxygen atoms in total. The van der Waals surface area contributed by atoms with Crippen LogP contribution >= 0.6 is 11.6 Å². The lowest BCUT2D eigenvalue weighted by atomic mass is 10.2. The molecule has 2 rings (SSSR count). The Hall–Kier alpha value is -1.68. The first-order valence-corrected chi connectivity index (χ1v) is 7.21. The highest BCUT2D eigenvalue weighted by molar-refractivity contribution is 6.31. The van der Waals surface area contributed by atoms with Gasteiger partial charge in [-0.2, -0.15) is 5.10 Å². The first kappa shape index (κ1) is 14.7. The van der Waals surface area contributed by atoms with E-state index in [4.69, 9.17) is 16.3 Å². The van der Waals surface area contributed by atoms with E-state index in [2.05, 4.69) is 17.3 Å². The Bertz CT molecular complexity index is 580. The minimum atomic E-state index is 0.617. The van der Waals surface area contributed by atoms with Crippen molar-refractivity contribution in [3.05, 3.63) is 40.7 Å². The van der Waals surface area contributed by atoms with E-state index < -0.39 is 0 Å². The molecular formula is C15H20ClN3O. The predicted molar refractivity (Wildman–Crippen MR) is 82.5 cm³/mol. The Morgan fingerprint density at radius 2 is 2.05 bits per heavy atom. The second kappa shape index (κ2) is 6.66. The van der Waals surface area contributed by atoms with Gasteiger partial charge in [0, 0.05) is 7.05 Å². The molecule has 1 heterocycles. The van der Waals surface area contributed by atoms with E-state index in [9.17, 15) is 0 Å². The summed E-state index contributed by atoms with van der Waals surface area (Å²) < 4.78 is 7.43. The summed E-state index contributed by atoms with van der Waals surface area (Å²) in [5.41, 5.74) is 2.88. The van der Waals surface area contributed by atoms with Crippen LogP contribution in [0.1, 0.15) is 25.2 Å². The van der Waals surface area contributed by atoms with Crippen LogP contribution in [0, 0.1) is 0 Å². The molecule has 5 heteroatoms. The topological polar surface area (TPSA) is 39.1 Å². The zero-order valence-electron chi connectivity index (χ0n) is 12.1. The van der Waals surface area contributed by atoms with E-state index in [1.54, 1.807) is 0 Å². The number of para-hydroxylation sites is 2. The molecule has 0 aliphatic rings. The molecule has 0 aliphatic carbocycles. The van der Waals surface area contributed by atoms with Gasteiger partial charge in [0.05, 0.1) is 35.2 Å². The van der Waals surface area contributed by atoms with Crippen LogP contribution < -0.4 is 10.1 Å². The van der Waals surface area contributed by atoms with Gasteiger partial charge in [-0.3, -0.25) is 4.68 Å². The normalized spacial score (nSPS) is 10.6. The molecule has 20 heavy (non-hydrogen) atoms. The second-order valence-electron chi connectivity index (χ2n) is 4.47. The first-order valence-electron chi connectivity index (χ1n) is 6.83. The highest BCUT2D eigenvalue weighted by atomic mass is 35.5. The van der Waals surface area contributed by atoms with Gasteiger partial charge in [0.15, 0.2) is 0 Å². The van der Waals surface area contributed by atoms with Gasteiger partial charge in [-0.05, 0) is 25.5 Å². The van der Waals surface area contributed by atoms with E-state index in [1.807, 2.05) is 42.9 Å². The molecule has 0 radical (unpaired) electrons. The van der Waals surface area contributed by atoms with Crippen molar-refractivity contribution < 1.29 is 4.74 Å². The van der Waals surface area contributed by atoms with Crippen LogP contribution in [0.4, 0.5) is 5.69 Å². The van der Waals surface area contributed by atoms with Gasteiger partial charge >= 0.3 is 0 Å². The quantitative estimate of drug-likeness (QED) is 0.883. The fourth-order valence-electron chi connectivity index (χ4n) is 2.08. The average molecular weight is 294 g/mol. The van der Waals surface area contributed by atoms with E-state index in [1.165, 1.54) is 0 Å². The SMILES string of the molecule is CCOc1ccccc1NCc1c(Cl)c(CC)nn1C. The van der Waals surface area contributed by atoms with Crippen molar-refractivity contribution in [2.45, 2.75) is 26.8 Å². The molecule has 0 atom stereocenters. The zero-order valence-corrected chi connectivity index (χ0v) is 12.9. The Morgan fingerprint density at radius 1 is 1.30 bits per heavy atom. The van der Waals surface area contributed by atoms with Gasteiger partial charge in [-0.25, -0.2) is 0 Å². The van der Waals surface area contributed by atoms with Crippen LogP contribution in [-0.4, -0.2) is 16.4 Å². The summed E-state index contributed by atoms with van der Waals surface area (Å²) in [6.07, 6.45) is 0.836. The average Bonchev–Trinajstić information content (AvgIpc) is 2.73. The molecule has 0 unspecified atom stereocenters. The van der Waals surface area contributed by atoms with Gasteiger partial charge < -0.3 is 10.1 Å². The molecule has 1 N–H and O–H groups in total. The summed E-state index contributed by atoms with van der Waals surface area (Å²) >= 11 is 6.34. The number of anilines is 1. The number of hydrogen-bond donors (Lipinski definition) is 1. The van der Waals surface area contributed by atoms with Gasteiger partial charge in [0.1, 0.15) is 5.75 Å². The third-order valence-electron chi connectivity index (χ3n) is 3.14. The van der Waals surface area contributed by atoms with Crippen LogP contribution in [0.25, 0.3) is 0 Å². The number of aromatic nitrogens is 2. The van der Waals surface area contributed by atoms with Gasteiger partial charge in [0.2, 0.25) is 0 Å². The van der Waals surface area contributed by atoms with Crippen LogP contribution in [0.2, 0.25) is 5.02 Å². The van der Waals surface area contributed by atoms with Crippen molar-refractivity contribution >= 4 is 17.3 Å². The van der Waals surface area contributed by atoms with Crippen LogP contribution in [0.5, 0.6) is 5.75 Å². The van der Waals surface area contributed by atoms with Gasteiger partial charge in [-0.1, -0.05) is 30.7 Å². The zero-order chi connectivity index (χ0) is 14.5. The lowest BCUT2D eigenvalue weighted by molar-refractivity contribution is 0.341. The molecule has 0 saturated heterocycles. The van der Waals surface area contributed by atoms with Crippen molar-refractivity contribution in [1.29, 1.82) is 0 Å². The first-order chi connectivity index (χ1) is 9.67. The van der Waals surface area contributed by atoms with Crippen molar-refractivity contribution in [2.24, 2.45) is 7.05 Å². The van der Waals surface area contributed by atoms with E-state index in [0.29, 0.717) is 13.2 Å². The molecule has 2 aromatic rings. The third kappa shape index (κ3) is 3.07. The smallest absolute Gasteiger partial charge is 0.142 e. The highest BCUT2D eigenvalue weighted by Crippen LogP contribution is 2.26. The summed E-state index contributed by atoms with van der Waals surface area (Å²) in [4.78, 5) is 0.